The third-order valence-corrected chi connectivity index (χ3v) is 6.51. The third-order valence-electron chi connectivity index (χ3n) is 6.51. The van der Waals surface area contributed by atoms with E-state index in [9.17, 15) is 9.60 Å². The van der Waals surface area contributed by atoms with Crippen molar-refractivity contribution in [3.05, 3.63) is 53.3 Å². The van der Waals surface area contributed by atoms with Gasteiger partial charge in [0.25, 0.3) is 0 Å². The summed E-state index contributed by atoms with van der Waals surface area (Å²) in [4.78, 5) is 2.45. The Labute approximate surface area is 194 Å². The Kier molecular flexibility index (Phi) is 7.28. The second-order valence-electron chi connectivity index (χ2n) is 8.18. The predicted octanol–water partition coefficient (Wildman–Crippen LogP) is 6.12. The zero-order valence-corrected chi connectivity index (χ0v) is 19.1. The lowest BCUT2D eigenvalue weighted by atomic mass is 9.88. The first-order valence-corrected chi connectivity index (χ1v) is 10.5. The Hall–Kier alpha value is -1.70. The number of fused-ring (bicyclic) bond motifs is 2. The van der Waals surface area contributed by atoms with Gasteiger partial charge in [-0.15, -0.1) is 24.8 Å². The number of hydrogen-bond donors (Lipinski definition) is 1. The van der Waals surface area contributed by atoms with E-state index in [0.29, 0.717) is 17.8 Å². The van der Waals surface area contributed by atoms with Crippen LogP contribution in [-0.4, -0.2) is 33.4 Å². The van der Waals surface area contributed by atoms with Crippen molar-refractivity contribution in [2.24, 2.45) is 0 Å². The van der Waals surface area contributed by atoms with Gasteiger partial charge in [-0.05, 0) is 42.5 Å². The van der Waals surface area contributed by atoms with Gasteiger partial charge < -0.3 is 9.73 Å². The Morgan fingerprint density at radius 1 is 1.13 bits per heavy atom. The Bertz CT molecular complexity index is 1050. The van der Waals surface area contributed by atoms with Crippen molar-refractivity contribution >= 4 is 35.8 Å². The number of piperidine rings is 1. The Morgan fingerprint density at radius 3 is 2.65 bits per heavy atom. The molecule has 0 saturated carbocycles. The Morgan fingerprint density at radius 2 is 1.90 bits per heavy atom. The van der Waals surface area contributed by atoms with E-state index in [2.05, 4.69) is 23.0 Å². The summed E-state index contributed by atoms with van der Waals surface area (Å²) >= 11 is 0. The molecule has 1 unspecified atom stereocenters. The molecule has 1 aromatic heterocycles. The third kappa shape index (κ3) is 3.74. The maximum atomic E-state index is 13.6. The average molecular weight is 468 g/mol. The lowest BCUT2D eigenvalue weighted by Gasteiger charge is -2.47. The quantitative estimate of drug-likeness (QED) is 0.500. The second-order valence-corrected chi connectivity index (χ2v) is 8.18. The summed E-state index contributed by atoms with van der Waals surface area (Å²) in [6.07, 6.45) is 5.41. The van der Waals surface area contributed by atoms with Gasteiger partial charge in [0.2, 0.25) is 0 Å². The van der Waals surface area contributed by atoms with Gasteiger partial charge in [-0.1, -0.05) is 43.1 Å². The second kappa shape index (κ2) is 9.43. The largest absolute Gasteiger partial charge is 0.356 e. The molecule has 2 aliphatic rings. The van der Waals surface area contributed by atoms with Crippen molar-refractivity contribution in [3.63, 3.8) is 0 Å². The molecule has 1 atom stereocenters. The minimum absolute atomic E-state index is 0. The van der Waals surface area contributed by atoms with Crippen molar-refractivity contribution in [1.29, 1.82) is 0 Å². The van der Waals surface area contributed by atoms with Crippen LogP contribution in [0.2, 0.25) is 0 Å². The van der Waals surface area contributed by atoms with Crippen molar-refractivity contribution in [2.45, 2.75) is 51.2 Å². The number of hydrogen-bond acceptors (Lipinski definition) is 5. The van der Waals surface area contributed by atoms with Crippen LogP contribution in [0.4, 0.5) is 4.39 Å². The van der Waals surface area contributed by atoms with Crippen LogP contribution in [0, 0.1) is 5.82 Å². The van der Waals surface area contributed by atoms with Crippen LogP contribution in [-0.2, 0) is 12.2 Å². The summed E-state index contributed by atoms with van der Waals surface area (Å²) in [6, 6.07) is 10.7. The van der Waals surface area contributed by atoms with E-state index >= 15 is 0 Å². The van der Waals surface area contributed by atoms with E-state index in [-0.39, 0.29) is 30.6 Å². The monoisotopic (exact) mass is 467 g/mol. The van der Waals surface area contributed by atoms with Gasteiger partial charge in [0.05, 0.1) is 6.54 Å². The molecule has 3 aromatic rings. The lowest BCUT2D eigenvalue weighted by Crippen LogP contribution is -2.55. The van der Waals surface area contributed by atoms with Gasteiger partial charge in [-0.25, -0.2) is 4.39 Å². The van der Waals surface area contributed by atoms with Crippen LogP contribution in [0.3, 0.4) is 0 Å². The van der Waals surface area contributed by atoms with E-state index in [4.69, 9.17) is 4.52 Å². The minimum Gasteiger partial charge on any atom is -0.356 e. The van der Waals surface area contributed by atoms with Crippen LogP contribution in [0.1, 0.15) is 50.2 Å². The van der Waals surface area contributed by atoms with Crippen LogP contribution in [0.5, 0.6) is 0 Å². The Balaban J connectivity index is 0.00000136. The molecule has 1 saturated heterocycles. The standard InChI is InChI=1S/C23H26FN3O2.2ClH/c1-2-11-23(26-12-4-3-5-13-26)20-8-6-7-17(19(20)15-27(23)28)22-18-10-9-16(24)14-21(18)29-25-22;;/h6-10,14,28H,2-5,11-13,15H2,1H3;2*1H. The fourth-order valence-corrected chi connectivity index (χ4v) is 5.25. The highest BCUT2D eigenvalue weighted by atomic mass is 35.5. The number of hydroxylamine groups is 2. The van der Waals surface area contributed by atoms with E-state index in [1.165, 1.54) is 23.6 Å². The molecule has 2 aromatic carbocycles. The highest BCUT2D eigenvalue weighted by Gasteiger charge is 2.49. The van der Waals surface area contributed by atoms with Gasteiger partial charge in [0, 0.05) is 30.1 Å². The highest BCUT2D eigenvalue weighted by molar-refractivity contribution is 5.92. The molecular weight excluding hydrogens is 440 g/mol. The van der Waals surface area contributed by atoms with Crippen molar-refractivity contribution in [3.8, 4) is 11.3 Å². The first-order valence-electron chi connectivity index (χ1n) is 10.5. The summed E-state index contributed by atoms with van der Waals surface area (Å²) in [7, 11) is 0. The van der Waals surface area contributed by atoms with Crippen LogP contribution in [0.15, 0.2) is 40.9 Å². The molecule has 31 heavy (non-hydrogen) atoms. The fourth-order valence-electron chi connectivity index (χ4n) is 5.25. The van der Waals surface area contributed by atoms with Gasteiger partial charge >= 0.3 is 0 Å². The van der Waals surface area contributed by atoms with Gasteiger partial charge in [-0.3, -0.25) is 4.90 Å². The molecule has 5 rings (SSSR count). The molecule has 2 aliphatic heterocycles. The molecule has 8 heteroatoms. The number of rotatable bonds is 4. The van der Waals surface area contributed by atoms with Crippen LogP contribution in [0.25, 0.3) is 22.2 Å². The first-order chi connectivity index (χ1) is 14.1. The molecule has 5 nitrogen and oxygen atoms in total. The van der Waals surface area contributed by atoms with Crippen molar-refractivity contribution in [1.82, 2.24) is 15.1 Å². The summed E-state index contributed by atoms with van der Waals surface area (Å²) in [5, 5.41) is 17.8. The molecule has 1 N–H and O–H groups in total. The summed E-state index contributed by atoms with van der Waals surface area (Å²) < 4.78 is 19.0. The van der Waals surface area contributed by atoms with Gasteiger partial charge in [0.15, 0.2) is 5.58 Å². The molecule has 0 bridgehead atoms. The van der Waals surface area contributed by atoms with Gasteiger partial charge in [-0.2, -0.15) is 5.06 Å². The summed E-state index contributed by atoms with van der Waals surface area (Å²) in [5.74, 6) is -0.341. The normalized spacial score (nSPS) is 21.5. The molecule has 0 spiro atoms. The van der Waals surface area contributed by atoms with E-state index in [1.807, 2.05) is 12.1 Å². The number of nitrogens with zero attached hydrogens (tertiary/aromatic N) is 3. The molecule has 3 heterocycles. The molecule has 1 fully saturated rings. The van der Waals surface area contributed by atoms with Crippen molar-refractivity contribution < 1.29 is 14.1 Å². The van der Waals surface area contributed by atoms with Crippen LogP contribution >= 0.6 is 24.8 Å². The fraction of sp³-hybridized carbons (Fsp3) is 0.435. The van der Waals surface area contributed by atoms with E-state index < -0.39 is 5.66 Å². The summed E-state index contributed by atoms with van der Waals surface area (Å²) in [6.45, 7) is 4.60. The molecular formula is C23H28Cl2FN3O2. The lowest BCUT2D eigenvalue weighted by molar-refractivity contribution is -0.238. The number of halogens is 3. The topological polar surface area (TPSA) is 52.7 Å². The van der Waals surface area contributed by atoms with Crippen LogP contribution < -0.4 is 0 Å². The zero-order chi connectivity index (χ0) is 20.0. The number of benzene rings is 2. The minimum atomic E-state index is -0.494. The van der Waals surface area contributed by atoms with Gasteiger partial charge in [0.1, 0.15) is 17.2 Å². The summed E-state index contributed by atoms with van der Waals surface area (Å²) in [5.41, 5.74) is 3.82. The smallest absolute Gasteiger partial charge is 0.170 e. The average Bonchev–Trinajstić information content (AvgIpc) is 3.28. The van der Waals surface area contributed by atoms with Crippen molar-refractivity contribution in [2.75, 3.05) is 13.1 Å². The highest BCUT2D eigenvalue weighted by Crippen LogP contribution is 2.48. The number of likely N-dealkylation sites (tertiary alicyclic amines) is 1. The van der Waals surface area contributed by atoms with E-state index in [1.54, 1.807) is 6.07 Å². The van der Waals surface area contributed by atoms with E-state index in [0.717, 1.165) is 60.8 Å². The zero-order valence-electron chi connectivity index (χ0n) is 17.5. The predicted molar refractivity (Wildman–Crippen MR) is 123 cm³/mol. The maximum absolute atomic E-state index is 13.6. The maximum Gasteiger partial charge on any atom is 0.170 e. The first kappa shape index (κ1) is 24.0. The molecule has 168 valence electrons. The molecule has 0 radical (unpaired) electrons. The molecule has 0 aliphatic carbocycles. The SMILES string of the molecule is CCCC1(N2CCCCC2)c2cccc(-c3noc4cc(F)ccc34)c2CN1O.Cl.Cl. The number of aromatic nitrogens is 1. The molecule has 0 amide bonds.